The number of ether oxygens (including phenoxy) is 1. The van der Waals surface area contributed by atoms with Crippen molar-refractivity contribution in [3.05, 3.63) is 71.4 Å². The zero-order chi connectivity index (χ0) is 17.5. The molecule has 1 aromatic carbocycles. The minimum atomic E-state index is -0.161. The van der Waals surface area contributed by atoms with E-state index in [2.05, 4.69) is 10.4 Å². The molecular formula is C18H18ClN3O3. The van der Waals surface area contributed by atoms with E-state index in [1.165, 1.54) is 6.20 Å². The predicted octanol–water partition coefficient (Wildman–Crippen LogP) is 3.46. The molecule has 2 aromatic heterocycles. The molecule has 3 aromatic rings. The third kappa shape index (κ3) is 4.95. The molecule has 0 fully saturated rings. The molecule has 0 radical (unpaired) electrons. The Bertz CT molecular complexity index is 797. The second kappa shape index (κ2) is 8.50. The normalized spacial score (nSPS) is 10.8. The van der Waals surface area contributed by atoms with Gasteiger partial charge in [-0.1, -0.05) is 11.6 Å². The third-order valence-corrected chi connectivity index (χ3v) is 3.76. The molecule has 3 rings (SSSR count). The van der Waals surface area contributed by atoms with Crippen molar-refractivity contribution < 1.29 is 13.9 Å². The third-order valence-electron chi connectivity index (χ3n) is 3.51. The fourth-order valence-corrected chi connectivity index (χ4v) is 2.35. The van der Waals surface area contributed by atoms with Gasteiger partial charge in [0.25, 0.3) is 5.91 Å². The lowest BCUT2D eigenvalue weighted by molar-refractivity contribution is 0.0917. The van der Waals surface area contributed by atoms with Crippen molar-refractivity contribution in [3.63, 3.8) is 0 Å². The second-order valence-corrected chi connectivity index (χ2v) is 5.83. The zero-order valence-electron chi connectivity index (χ0n) is 13.5. The van der Waals surface area contributed by atoms with Crippen LogP contribution in [0.5, 0.6) is 0 Å². The summed E-state index contributed by atoms with van der Waals surface area (Å²) in [5.41, 5.74) is 1.35. The Balaban J connectivity index is 1.40. The number of carbonyl (C=O) groups is 1. The highest BCUT2D eigenvalue weighted by Crippen LogP contribution is 2.13. The smallest absolute Gasteiger partial charge is 0.254 e. The van der Waals surface area contributed by atoms with Crippen molar-refractivity contribution in [1.29, 1.82) is 0 Å². The van der Waals surface area contributed by atoms with E-state index in [0.29, 0.717) is 30.3 Å². The number of nitrogens with one attached hydrogen (secondary N) is 1. The molecule has 130 valence electrons. The quantitative estimate of drug-likeness (QED) is 0.625. The first-order chi connectivity index (χ1) is 12.2. The summed E-state index contributed by atoms with van der Waals surface area (Å²) in [6.45, 7) is 1.52. The number of aromatic nitrogens is 2. The Morgan fingerprint density at radius 3 is 2.88 bits per heavy atom. The lowest BCUT2D eigenvalue weighted by Crippen LogP contribution is -2.24. The number of hydrogen-bond donors (Lipinski definition) is 1. The zero-order valence-corrected chi connectivity index (χ0v) is 14.3. The summed E-state index contributed by atoms with van der Waals surface area (Å²) < 4.78 is 12.3. The van der Waals surface area contributed by atoms with Crippen LogP contribution in [0.2, 0.25) is 5.02 Å². The monoisotopic (exact) mass is 359 g/mol. The van der Waals surface area contributed by atoms with Crippen LogP contribution in [-0.2, 0) is 11.3 Å². The highest BCUT2D eigenvalue weighted by molar-refractivity contribution is 6.30. The van der Waals surface area contributed by atoms with Crippen molar-refractivity contribution in [2.45, 2.75) is 13.0 Å². The lowest BCUT2D eigenvalue weighted by atomic mass is 10.3. The molecule has 25 heavy (non-hydrogen) atoms. The van der Waals surface area contributed by atoms with Gasteiger partial charge < -0.3 is 14.5 Å². The number of carbonyl (C=O) groups excluding carboxylic acids is 1. The molecule has 0 spiro atoms. The molecule has 0 aliphatic rings. The number of furan rings is 1. The summed E-state index contributed by atoms with van der Waals surface area (Å²) >= 11 is 5.87. The van der Waals surface area contributed by atoms with Crippen molar-refractivity contribution in [1.82, 2.24) is 15.1 Å². The van der Waals surface area contributed by atoms with Gasteiger partial charge in [0.2, 0.25) is 0 Å². The average molecular weight is 360 g/mol. The van der Waals surface area contributed by atoms with Gasteiger partial charge in [0.15, 0.2) is 0 Å². The number of hydrogen-bond acceptors (Lipinski definition) is 4. The van der Waals surface area contributed by atoms with E-state index in [0.717, 1.165) is 17.9 Å². The molecule has 0 unspecified atom stereocenters. The van der Waals surface area contributed by atoms with Crippen LogP contribution in [0, 0.1) is 0 Å². The Hall–Kier alpha value is -2.57. The average Bonchev–Trinajstić information content (AvgIpc) is 3.30. The van der Waals surface area contributed by atoms with Gasteiger partial charge in [-0.3, -0.25) is 4.79 Å². The van der Waals surface area contributed by atoms with Crippen LogP contribution in [0.25, 0.3) is 5.69 Å². The number of rotatable bonds is 8. The summed E-state index contributed by atoms with van der Waals surface area (Å²) in [6, 6.07) is 10.9. The van der Waals surface area contributed by atoms with E-state index in [-0.39, 0.29) is 5.91 Å². The molecule has 0 saturated heterocycles. The topological polar surface area (TPSA) is 69.3 Å². The highest BCUT2D eigenvalue weighted by Gasteiger charge is 2.09. The van der Waals surface area contributed by atoms with Gasteiger partial charge in [-0.25, -0.2) is 4.68 Å². The standard InChI is InChI=1S/C18H18ClN3O3/c19-15-4-6-16(7-5-15)22-12-14(11-21-22)18(23)20-8-2-9-24-13-17-3-1-10-25-17/h1,3-7,10-12H,2,8-9,13H2,(H,20,23). The molecule has 0 atom stereocenters. The van der Waals surface area contributed by atoms with E-state index in [1.54, 1.807) is 29.3 Å². The molecular weight excluding hydrogens is 342 g/mol. The number of amides is 1. The fourth-order valence-electron chi connectivity index (χ4n) is 2.22. The summed E-state index contributed by atoms with van der Waals surface area (Å²) in [4.78, 5) is 12.1. The first-order valence-electron chi connectivity index (χ1n) is 7.91. The van der Waals surface area contributed by atoms with Crippen molar-refractivity contribution in [2.24, 2.45) is 0 Å². The van der Waals surface area contributed by atoms with Crippen molar-refractivity contribution in [3.8, 4) is 5.69 Å². The number of benzene rings is 1. The van der Waals surface area contributed by atoms with E-state index >= 15 is 0 Å². The van der Waals surface area contributed by atoms with Crippen LogP contribution >= 0.6 is 11.6 Å². The Morgan fingerprint density at radius 2 is 2.12 bits per heavy atom. The van der Waals surface area contributed by atoms with Gasteiger partial charge >= 0.3 is 0 Å². The molecule has 0 bridgehead atoms. The van der Waals surface area contributed by atoms with Crippen LogP contribution in [0.15, 0.2) is 59.5 Å². The van der Waals surface area contributed by atoms with Gasteiger partial charge in [-0.2, -0.15) is 5.10 Å². The van der Waals surface area contributed by atoms with E-state index in [1.807, 2.05) is 24.3 Å². The van der Waals surface area contributed by atoms with E-state index in [9.17, 15) is 4.79 Å². The SMILES string of the molecule is O=C(NCCCOCc1ccco1)c1cnn(-c2ccc(Cl)cc2)c1. The summed E-state index contributed by atoms with van der Waals surface area (Å²) in [6.07, 6.45) is 5.56. The summed E-state index contributed by atoms with van der Waals surface area (Å²) in [7, 11) is 0. The maximum Gasteiger partial charge on any atom is 0.254 e. The van der Waals surface area contributed by atoms with Gasteiger partial charge in [-0.15, -0.1) is 0 Å². The molecule has 0 saturated carbocycles. The molecule has 1 amide bonds. The van der Waals surface area contributed by atoms with Gasteiger partial charge in [0.05, 0.1) is 23.7 Å². The van der Waals surface area contributed by atoms with Crippen LogP contribution in [-0.4, -0.2) is 28.8 Å². The van der Waals surface area contributed by atoms with Gasteiger partial charge in [-0.05, 0) is 42.8 Å². The highest BCUT2D eigenvalue weighted by atomic mass is 35.5. The Morgan fingerprint density at radius 1 is 1.28 bits per heavy atom. The molecule has 6 nitrogen and oxygen atoms in total. The fraction of sp³-hybridized carbons (Fsp3) is 0.222. The van der Waals surface area contributed by atoms with Gasteiger partial charge in [0.1, 0.15) is 12.4 Å². The lowest BCUT2D eigenvalue weighted by Gasteiger charge is -2.04. The van der Waals surface area contributed by atoms with Crippen LogP contribution < -0.4 is 5.32 Å². The molecule has 2 heterocycles. The first kappa shape index (κ1) is 17.3. The maximum atomic E-state index is 12.1. The number of halogens is 1. The van der Waals surface area contributed by atoms with E-state index < -0.39 is 0 Å². The minimum Gasteiger partial charge on any atom is -0.467 e. The summed E-state index contributed by atoms with van der Waals surface area (Å²) in [5, 5.41) is 7.71. The largest absolute Gasteiger partial charge is 0.467 e. The van der Waals surface area contributed by atoms with Gasteiger partial charge in [0, 0.05) is 24.4 Å². The molecule has 1 N–H and O–H groups in total. The van der Waals surface area contributed by atoms with Crippen molar-refractivity contribution >= 4 is 17.5 Å². The second-order valence-electron chi connectivity index (χ2n) is 5.39. The van der Waals surface area contributed by atoms with Crippen LogP contribution in [0.3, 0.4) is 0 Å². The van der Waals surface area contributed by atoms with Crippen LogP contribution in [0.1, 0.15) is 22.5 Å². The van der Waals surface area contributed by atoms with Crippen LogP contribution in [0.4, 0.5) is 0 Å². The van der Waals surface area contributed by atoms with E-state index in [4.69, 9.17) is 20.8 Å². The molecule has 7 heteroatoms. The Labute approximate surface area is 150 Å². The predicted molar refractivity (Wildman–Crippen MR) is 93.9 cm³/mol. The molecule has 0 aliphatic heterocycles. The number of nitrogens with zero attached hydrogens (tertiary/aromatic N) is 2. The molecule has 0 aliphatic carbocycles. The summed E-state index contributed by atoms with van der Waals surface area (Å²) in [5.74, 6) is 0.630. The first-order valence-corrected chi connectivity index (χ1v) is 8.29. The minimum absolute atomic E-state index is 0.161. The maximum absolute atomic E-state index is 12.1. The van der Waals surface area contributed by atoms with Crippen molar-refractivity contribution in [2.75, 3.05) is 13.2 Å². The Kier molecular flexibility index (Phi) is 5.87.